The van der Waals surface area contributed by atoms with Crippen molar-refractivity contribution in [2.45, 2.75) is 19.0 Å². The molecule has 120 valence electrons. The first kappa shape index (κ1) is 15.4. The van der Waals surface area contributed by atoms with Gasteiger partial charge in [-0.05, 0) is 35.2 Å². The van der Waals surface area contributed by atoms with Gasteiger partial charge in [-0.25, -0.2) is 4.79 Å². The third-order valence-electron chi connectivity index (χ3n) is 4.38. The number of carbonyl (C=O) groups is 1. The van der Waals surface area contributed by atoms with Gasteiger partial charge in [-0.1, -0.05) is 36.4 Å². The fourth-order valence-corrected chi connectivity index (χ4v) is 3.10. The second kappa shape index (κ2) is 6.32. The van der Waals surface area contributed by atoms with Gasteiger partial charge >= 0.3 is 6.03 Å². The lowest BCUT2D eigenvalue weighted by molar-refractivity contribution is 0.138. The molecule has 1 aliphatic heterocycles. The van der Waals surface area contributed by atoms with Gasteiger partial charge in [-0.3, -0.25) is 0 Å². The number of fused-ring (bicyclic) bond motifs is 1. The summed E-state index contributed by atoms with van der Waals surface area (Å²) in [6, 6.07) is 16.5. The van der Waals surface area contributed by atoms with E-state index in [0.29, 0.717) is 6.54 Å². The molecule has 0 saturated carbocycles. The number of carbonyl (C=O) groups excluding carboxylic acids is 1. The predicted molar refractivity (Wildman–Crippen MR) is 90.5 cm³/mol. The highest BCUT2D eigenvalue weighted by Crippen LogP contribution is 2.34. The highest BCUT2D eigenvalue weighted by Gasteiger charge is 2.31. The number of rotatable bonds is 2. The molecule has 2 aromatic carbocycles. The van der Waals surface area contributed by atoms with Crippen LogP contribution < -0.4 is 4.74 Å². The average molecular weight is 310 g/mol. The summed E-state index contributed by atoms with van der Waals surface area (Å²) in [4.78, 5) is 16.2. The first-order valence-electron chi connectivity index (χ1n) is 7.79. The van der Waals surface area contributed by atoms with Crippen LogP contribution in [0.25, 0.3) is 0 Å². The largest absolute Gasteiger partial charge is 0.497 e. The van der Waals surface area contributed by atoms with E-state index in [1.165, 1.54) is 11.1 Å². The monoisotopic (exact) mass is 310 g/mol. The molecule has 3 rings (SSSR count). The number of hydrogen-bond acceptors (Lipinski definition) is 2. The fraction of sp³-hybridized carbons (Fsp3) is 0.316. The first-order valence-corrected chi connectivity index (χ1v) is 7.79. The van der Waals surface area contributed by atoms with Crippen LogP contribution in [0.15, 0.2) is 48.5 Å². The fourth-order valence-electron chi connectivity index (χ4n) is 3.10. The summed E-state index contributed by atoms with van der Waals surface area (Å²) in [5.41, 5.74) is 3.68. The zero-order valence-corrected chi connectivity index (χ0v) is 13.8. The minimum atomic E-state index is 0.0420. The lowest BCUT2D eigenvalue weighted by Gasteiger charge is -2.38. The van der Waals surface area contributed by atoms with E-state index in [4.69, 9.17) is 4.74 Å². The maximum atomic E-state index is 12.6. The van der Waals surface area contributed by atoms with Crippen LogP contribution in [-0.2, 0) is 13.0 Å². The minimum Gasteiger partial charge on any atom is -0.497 e. The van der Waals surface area contributed by atoms with Crippen molar-refractivity contribution in [3.8, 4) is 5.75 Å². The third-order valence-corrected chi connectivity index (χ3v) is 4.38. The SMILES string of the molecule is COc1ccc(C2Cc3ccccc3CN2C(=O)N(C)C)cc1. The van der Waals surface area contributed by atoms with Crippen LogP contribution in [0.5, 0.6) is 5.75 Å². The summed E-state index contributed by atoms with van der Waals surface area (Å²) in [6.45, 7) is 0.643. The van der Waals surface area contributed by atoms with Gasteiger partial charge in [0.15, 0.2) is 0 Å². The van der Waals surface area contributed by atoms with E-state index in [2.05, 4.69) is 18.2 Å². The molecule has 1 unspecified atom stereocenters. The van der Waals surface area contributed by atoms with Crippen LogP contribution in [0.3, 0.4) is 0 Å². The van der Waals surface area contributed by atoms with E-state index < -0.39 is 0 Å². The number of ether oxygens (including phenoxy) is 1. The van der Waals surface area contributed by atoms with Crippen molar-refractivity contribution in [2.75, 3.05) is 21.2 Å². The molecular formula is C19H22N2O2. The van der Waals surface area contributed by atoms with Gasteiger partial charge < -0.3 is 14.5 Å². The molecule has 2 amide bonds. The van der Waals surface area contributed by atoms with E-state index in [-0.39, 0.29) is 12.1 Å². The molecule has 0 spiro atoms. The maximum absolute atomic E-state index is 12.6. The van der Waals surface area contributed by atoms with Crippen LogP contribution in [0.1, 0.15) is 22.7 Å². The van der Waals surface area contributed by atoms with Crippen molar-refractivity contribution in [1.29, 1.82) is 0 Å². The van der Waals surface area contributed by atoms with E-state index >= 15 is 0 Å². The van der Waals surface area contributed by atoms with Gasteiger partial charge in [-0.2, -0.15) is 0 Å². The Kier molecular flexibility index (Phi) is 4.24. The zero-order chi connectivity index (χ0) is 16.4. The van der Waals surface area contributed by atoms with Crippen LogP contribution in [0.2, 0.25) is 0 Å². The number of nitrogens with zero attached hydrogens (tertiary/aromatic N) is 2. The Morgan fingerprint density at radius 3 is 2.35 bits per heavy atom. The summed E-state index contributed by atoms with van der Waals surface area (Å²) >= 11 is 0. The molecule has 0 N–H and O–H groups in total. The average Bonchev–Trinajstić information content (AvgIpc) is 2.60. The molecule has 0 bridgehead atoms. The van der Waals surface area contributed by atoms with E-state index in [1.54, 1.807) is 26.1 Å². The summed E-state index contributed by atoms with van der Waals surface area (Å²) < 4.78 is 5.24. The molecule has 0 aromatic heterocycles. The number of amides is 2. The van der Waals surface area contributed by atoms with Crippen LogP contribution in [-0.4, -0.2) is 37.0 Å². The highest BCUT2D eigenvalue weighted by atomic mass is 16.5. The maximum Gasteiger partial charge on any atom is 0.320 e. The molecule has 4 heteroatoms. The number of urea groups is 1. The normalized spacial score (nSPS) is 16.7. The third kappa shape index (κ3) is 3.02. The molecule has 0 aliphatic carbocycles. The molecule has 1 heterocycles. The smallest absolute Gasteiger partial charge is 0.320 e. The van der Waals surface area contributed by atoms with Gasteiger partial charge in [0, 0.05) is 20.6 Å². The molecule has 1 atom stereocenters. The van der Waals surface area contributed by atoms with E-state index in [1.807, 2.05) is 35.2 Å². The van der Waals surface area contributed by atoms with E-state index in [0.717, 1.165) is 17.7 Å². The van der Waals surface area contributed by atoms with Crippen molar-refractivity contribution in [1.82, 2.24) is 9.80 Å². The minimum absolute atomic E-state index is 0.0420. The Labute approximate surface area is 137 Å². The Balaban J connectivity index is 1.98. The quantitative estimate of drug-likeness (QED) is 0.851. The van der Waals surface area contributed by atoms with Crippen LogP contribution in [0, 0.1) is 0 Å². The van der Waals surface area contributed by atoms with Crippen LogP contribution in [0.4, 0.5) is 4.79 Å². The lowest BCUT2D eigenvalue weighted by Crippen LogP contribution is -2.44. The number of hydrogen-bond donors (Lipinski definition) is 0. The molecule has 4 nitrogen and oxygen atoms in total. The molecule has 1 aliphatic rings. The Bertz CT molecular complexity index is 695. The van der Waals surface area contributed by atoms with Crippen molar-refractivity contribution in [2.24, 2.45) is 0 Å². The standard InChI is InChI=1S/C19H22N2O2/c1-20(2)19(22)21-13-16-7-5-4-6-15(16)12-18(21)14-8-10-17(23-3)11-9-14/h4-11,18H,12-13H2,1-3H3. The van der Waals surface area contributed by atoms with Crippen molar-refractivity contribution in [3.63, 3.8) is 0 Å². The van der Waals surface area contributed by atoms with Gasteiger partial charge in [0.2, 0.25) is 0 Å². The zero-order valence-electron chi connectivity index (χ0n) is 13.8. The van der Waals surface area contributed by atoms with Crippen molar-refractivity contribution < 1.29 is 9.53 Å². The molecular weight excluding hydrogens is 288 g/mol. The van der Waals surface area contributed by atoms with Gasteiger partial charge in [0.1, 0.15) is 5.75 Å². The lowest BCUT2D eigenvalue weighted by atomic mass is 9.90. The van der Waals surface area contributed by atoms with Gasteiger partial charge in [-0.15, -0.1) is 0 Å². The summed E-state index contributed by atoms with van der Waals surface area (Å²) in [5.74, 6) is 0.829. The predicted octanol–water partition coefficient (Wildman–Crippen LogP) is 3.48. The highest BCUT2D eigenvalue weighted by molar-refractivity contribution is 5.75. The number of methoxy groups -OCH3 is 1. The van der Waals surface area contributed by atoms with Gasteiger partial charge in [0.05, 0.1) is 13.2 Å². The second-order valence-electron chi connectivity index (χ2n) is 6.07. The topological polar surface area (TPSA) is 32.8 Å². The molecule has 23 heavy (non-hydrogen) atoms. The Morgan fingerprint density at radius 2 is 1.74 bits per heavy atom. The van der Waals surface area contributed by atoms with E-state index in [9.17, 15) is 4.79 Å². The van der Waals surface area contributed by atoms with Crippen LogP contribution >= 0.6 is 0 Å². The summed E-state index contributed by atoms with van der Waals surface area (Å²) in [5, 5.41) is 0. The molecule has 0 fully saturated rings. The van der Waals surface area contributed by atoms with Crippen molar-refractivity contribution >= 4 is 6.03 Å². The molecule has 0 saturated heterocycles. The summed E-state index contributed by atoms with van der Waals surface area (Å²) in [6.07, 6.45) is 0.835. The number of benzene rings is 2. The first-order chi connectivity index (χ1) is 11.1. The molecule has 2 aromatic rings. The Morgan fingerprint density at radius 1 is 1.09 bits per heavy atom. The van der Waals surface area contributed by atoms with Crippen molar-refractivity contribution in [3.05, 3.63) is 65.2 Å². The Hall–Kier alpha value is -2.49. The molecule has 0 radical (unpaired) electrons. The second-order valence-corrected chi connectivity index (χ2v) is 6.07. The summed E-state index contributed by atoms with van der Waals surface area (Å²) in [7, 11) is 5.26. The van der Waals surface area contributed by atoms with Gasteiger partial charge in [0.25, 0.3) is 0 Å².